The molecule has 26 heavy (non-hydrogen) atoms. The Morgan fingerprint density at radius 3 is 1.46 bits per heavy atom. The summed E-state index contributed by atoms with van der Waals surface area (Å²) in [5.74, 6) is 0. The van der Waals surface area contributed by atoms with Crippen molar-refractivity contribution in [3.05, 3.63) is 28.6 Å². The summed E-state index contributed by atoms with van der Waals surface area (Å²) in [6, 6.07) is 0.387. The Kier molecular flexibility index (Phi) is 16.7. The van der Waals surface area contributed by atoms with E-state index in [9.17, 15) is 0 Å². The maximum absolute atomic E-state index is 5.58. The van der Waals surface area contributed by atoms with Crippen LogP contribution in [0.1, 0.15) is 84.5 Å². The molecule has 0 heterocycles. The average Bonchev–Trinajstić information content (AvgIpc) is 2.81. The van der Waals surface area contributed by atoms with Crippen LogP contribution in [0.4, 0.5) is 0 Å². The van der Waals surface area contributed by atoms with Crippen molar-refractivity contribution in [3.63, 3.8) is 0 Å². The zero-order valence-electron chi connectivity index (χ0n) is 17.3. The molecule has 1 fully saturated rings. The monoisotopic (exact) mass is 450 g/mol. The zero-order valence-corrected chi connectivity index (χ0v) is 21.5. The van der Waals surface area contributed by atoms with E-state index in [2.05, 4.69) is 39.1 Å². The minimum absolute atomic E-state index is 0. The van der Waals surface area contributed by atoms with Crippen molar-refractivity contribution in [1.82, 2.24) is 0 Å². The molecule has 0 aliphatic heterocycles. The minimum Gasteiger partial charge on any atom is -1.00 e. The molecule has 5 heteroatoms. The smallest absolute Gasteiger partial charge is 1.00 e. The largest absolute Gasteiger partial charge is 3.00 e. The predicted molar refractivity (Wildman–Crippen MR) is 107 cm³/mol. The van der Waals surface area contributed by atoms with Gasteiger partial charge < -0.3 is 30.1 Å². The summed E-state index contributed by atoms with van der Waals surface area (Å²) in [5.41, 5.74) is 2.92. The van der Waals surface area contributed by atoms with Crippen LogP contribution in [0, 0.1) is 0 Å². The maximum atomic E-state index is 5.58. The molecule has 1 saturated carbocycles. The fourth-order valence-electron chi connectivity index (χ4n) is 4.35. The third-order valence-electron chi connectivity index (χ3n) is 6.15. The molecule has 2 aliphatic carbocycles. The number of halogens is 2. The van der Waals surface area contributed by atoms with Crippen molar-refractivity contribution in [2.75, 3.05) is 0 Å². The molecule has 2 rings (SSSR count). The Balaban J connectivity index is 0. The van der Waals surface area contributed by atoms with E-state index in [-0.39, 0.29) is 46.5 Å². The van der Waals surface area contributed by atoms with Gasteiger partial charge in [-0.25, -0.2) is 0 Å². The summed E-state index contributed by atoms with van der Waals surface area (Å²) >= 11 is 0. The van der Waals surface area contributed by atoms with Crippen molar-refractivity contribution < 1.29 is 46.5 Å². The Morgan fingerprint density at radius 1 is 0.769 bits per heavy atom. The fourth-order valence-corrected chi connectivity index (χ4v) is 6.36. The molecule has 0 bridgehead atoms. The van der Waals surface area contributed by atoms with Crippen LogP contribution in [0.25, 0.3) is 5.32 Å². The molecule has 0 amide bonds. The van der Waals surface area contributed by atoms with Gasteiger partial charge in [-0.3, -0.25) is 0 Å². The second-order valence-electron chi connectivity index (χ2n) is 8.29. The van der Waals surface area contributed by atoms with Gasteiger partial charge in [-0.05, 0) is 13.8 Å². The predicted octanol–water partition coefficient (Wildman–Crippen LogP) is 0.710. The van der Waals surface area contributed by atoms with Crippen molar-refractivity contribution in [2.24, 2.45) is 0 Å². The SMILES string of the molecule is CC1=CC=C(C)C1[N-]C1([SiH](C)C)CCCCCCCCCCC1.[Cl-].[Cl-].[Ti+3]. The first-order valence-corrected chi connectivity index (χ1v) is 13.0. The van der Waals surface area contributed by atoms with Crippen LogP contribution < -0.4 is 24.8 Å². The summed E-state index contributed by atoms with van der Waals surface area (Å²) in [5, 5.41) is 5.91. The summed E-state index contributed by atoms with van der Waals surface area (Å²) in [7, 11) is -0.829. The van der Waals surface area contributed by atoms with E-state index in [1.165, 1.54) is 81.8 Å². The van der Waals surface area contributed by atoms with Gasteiger partial charge in [0.25, 0.3) is 0 Å². The van der Waals surface area contributed by atoms with E-state index in [1.807, 2.05) is 0 Å². The quantitative estimate of drug-likeness (QED) is 0.562. The zero-order chi connectivity index (χ0) is 16.7. The van der Waals surface area contributed by atoms with Gasteiger partial charge in [0.1, 0.15) is 0 Å². The van der Waals surface area contributed by atoms with Gasteiger partial charge in [0.15, 0.2) is 0 Å². The van der Waals surface area contributed by atoms with E-state index in [4.69, 9.17) is 5.32 Å². The Hall–Kier alpha value is 0.951. The summed E-state index contributed by atoms with van der Waals surface area (Å²) in [4.78, 5) is 0. The molecule has 1 radical (unpaired) electrons. The summed E-state index contributed by atoms with van der Waals surface area (Å²) < 4.78 is 0. The Morgan fingerprint density at radius 2 is 1.12 bits per heavy atom. The average molecular weight is 451 g/mol. The van der Waals surface area contributed by atoms with Crippen LogP contribution in [-0.2, 0) is 21.7 Å². The van der Waals surface area contributed by atoms with Crippen LogP contribution in [-0.4, -0.2) is 20.0 Å². The number of hydrogen-bond donors (Lipinski definition) is 0. The number of allylic oxidation sites excluding steroid dienone is 2. The molecule has 0 N–H and O–H groups in total. The molecule has 0 aromatic heterocycles. The fraction of sp³-hybridized carbons (Fsp3) is 0.810. The number of nitrogens with zero attached hydrogens (tertiary/aromatic N) is 1. The van der Waals surface area contributed by atoms with Crippen LogP contribution in [0.3, 0.4) is 0 Å². The van der Waals surface area contributed by atoms with E-state index in [1.54, 1.807) is 0 Å². The maximum Gasteiger partial charge on any atom is 3.00 e. The van der Waals surface area contributed by atoms with Gasteiger partial charge in [-0.2, -0.15) is 0 Å². The number of hydrogen-bond acceptors (Lipinski definition) is 0. The van der Waals surface area contributed by atoms with Gasteiger partial charge in [-0.15, -0.1) is 5.16 Å². The van der Waals surface area contributed by atoms with Gasteiger partial charge >= 0.3 is 21.7 Å². The normalized spacial score (nSPS) is 21.9. The van der Waals surface area contributed by atoms with E-state index >= 15 is 0 Å². The van der Waals surface area contributed by atoms with Gasteiger partial charge in [-0.1, -0.05) is 113 Å². The molecule has 1 nitrogen and oxygen atoms in total. The summed E-state index contributed by atoms with van der Waals surface area (Å²) in [6.07, 6.45) is 20.2. The second-order valence-corrected chi connectivity index (χ2v) is 11.7. The Bertz CT molecular complexity index is 408. The first-order chi connectivity index (χ1) is 11.1. The first kappa shape index (κ1) is 29.2. The third kappa shape index (κ3) is 8.54. The van der Waals surface area contributed by atoms with Crippen LogP contribution in [0.2, 0.25) is 13.1 Å². The van der Waals surface area contributed by atoms with Crippen molar-refractivity contribution in [1.29, 1.82) is 0 Å². The van der Waals surface area contributed by atoms with Gasteiger partial charge in [0.2, 0.25) is 0 Å². The van der Waals surface area contributed by atoms with Gasteiger partial charge in [0.05, 0.1) is 0 Å². The van der Waals surface area contributed by atoms with Crippen LogP contribution in [0.5, 0.6) is 0 Å². The molecule has 0 aromatic carbocycles. The standard InChI is InChI=1S/C21H38NSi.2ClH.Ti/c1-18-14-15-19(2)20(18)22-21(23(3)4)16-12-10-8-6-5-7-9-11-13-17-21;;;/h14-15,20,23H,5-13,16-17H2,1-4H3;2*1H;/q-1;;;+3/p-2. The summed E-state index contributed by atoms with van der Waals surface area (Å²) in [6.45, 7) is 9.63. The molecule has 2 aliphatic rings. The molecule has 0 saturated heterocycles. The van der Waals surface area contributed by atoms with Crippen molar-refractivity contribution in [2.45, 2.75) is 109 Å². The third-order valence-corrected chi connectivity index (χ3v) is 9.03. The van der Waals surface area contributed by atoms with Gasteiger partial charge in [0, 0.05) is 8.80 Å². The molecule has 0 unspecified atom stereocenters. The van der Waals surface area contributed by atoms with Crippen LogP contribution >= 0.6 is 0 Å². The molecular weight excluding hydrogens is 413 g/mol. The topological polar surface area (TPSA) is 14.1 Å². The van der Waals surface area contributed by atoms with E-state index < -0.39 is 8.80 Å². The molecular formula is C21H38Cl2NSiTi. The van der Waals surface area contributed by atoms with E-state index in [0.717, 1.165) is 0 Å². The van der Waals surface area contributed by atoms with Crippen molar-refractivity contribution >= 4 is 8.80 Å². The Labute approximate surface area is 191 Å². The molecule has 0 atom stereocenters. The number of rotatable bonds is 3. The van der Waals surface area contributed by atoms with Crippen molar-refractivity contribution in [3.8, 4) is 0 Å². The molecule has 0 spiro atoms. The molecule has 149 valence electrons. The van der Waals surface area contributed by atoms with E-state index in [0.29, 0.717) is 11.2 Å². The first-order valence-electron chi connectivity index (χ1n) is 10.1. The second kappa shape index (κ2) is 14.9. The molecule has 0 aromatic rings. The minimum atomic E-state index is -0.829. The van der Waals surface area contributed by atoms with Crippen LogP contribution in [0.15, 0.2) is 23.3 Å².